The van der Waals surface area contributed by atoms with E-state index in [0.717, 1.165) is 17.3 Å². The standard InChI is InChI=1S/C19H21N3O5S/c1-4-24-15-7-6-13(10-16(15)25-5-2)20-17(23)11-28-19-22-21-18(27-19)14-8-9-26-12(14)3/h6-10H,4-5,11H2,1-3H3,(H,20,23). The molecule has 1 N–H and O–H groups in total. The van der Waals surface area contributed by atoms with Crippen molar-refractivity contribution in [1.82, 2.24) is 10.2 Å². The Morgan fingerprint density at radius 2 is 1.93 bits per heavy atom. The van der Waals surface area contributed by atoms with Gasteiger partial charge in [0.1, 0.15) is 5.76 Å². The maximum atomic E-state index is 12.2. The number of amides is 1. The zero-order valence-corrected chi connectivity index (χ0v) is 16.7. The van der Waals surface area contributed by atoms with Crippen molar-refractivity contribution in [2.45, 2.75) is 26.0 Å². The minimum atomic E-state index is -0.198. The number of hydrogen-bond acceptors (Lipinski definition) is 8. The molecule has 0 bridgehead atoms. The Morgan fingerprint density at radius 1 is 1.14 bits per heavy atom. The van der Waals surface area contributed by atoms with Gasteiger partial charge in [-0.1, -0.05) is 11.8 Å². The molecular formula is C19H21N3O5S. The molecule has 3 aromatic rings. The molecule has 0 saturated carbocycles. The van der Waals surface area contributed by atoms with Gasteiger partial charge in [-0.25, -0.2) is 0 Å². The summed E-state index contributed by atoms with van der Waals surface area (Å²) >= 11 is 1.16. The van der Waals surface area contributed by atoms with Crippen LogP contribution in [0.3, 0.4) is 0 Å². The van der Waals surface area contributed by atoms with Crippen LogP contribution in [0.4, 0.5) is 5.69 Å². The van der Waals surface area contributed by atoms with Crippen LogP contribution in [-0.4, -0.2) is 35.1 Å². The van der Waals surface area contributed by atoms with E-state index >= 15 is 0 Å². The monoisotopic (exact) mass is 403 g/mol. The largest absolute Gasteiger partial charge is 0.490 e. The maximum absolute atomic E-state index is 12.2. The molecule has 0 spiro atoms. The molecule has 0 radical (unpaired) electrons. The normalized spacial score (nSPS) is 10.7. The van der Waals surface area contributed by atoms with Crippen molar-refractivity contribution in [2.24, 2.45) is 0 Å². The lowest BCUT2D eigenvalue weighted by atomic mass is 10.2. The van der Waals surface area contributed by atoms with Gasteiger partial charge >= 0.3 is 0 Å². The van der Waals surface area contributed by atoms with Crippen molar-refractivity contribution in [2.75, 3.05) is 24.3 Å². The van der Waals surface area contributed by atoms with Crippen LogP contribution in [0.1, 0.15) is 19.6 Å². The number of furan rings is 1. The van der Waals surface area contributed by atoms with Crippen LogP contribution < -0.4 is 14.8 Å². The summed E-state index contributed by atoms with van der Waals surface area (Å²) in [5.41, 5.74) is 1.36. The highest BCUT2D eigenvalue weighted by molar-refractivity contribution is 7.99. The first-order chi connectivity index (χ1) is 13.6. The molecule has 0 aliphatic carbocycles. The average molecular weight is 403 g/mol. The molecule has 3 rings (SSSR count). The number of aromatic nitrogens is 2. The van der Waals surface area contributed by atoms with Gasteiger partial charge in [-0.05, 0) is 39.0 Å². The highest BCUT2D eigenvalue weighted by atomic mass is 32.2. The van der Waals surface area contributed by atoms with Crippen molar-refractivity contribution in [3.63, 3.8) is 0 Å². The van der Waals surface area contributed by atoms with Gasteiger partial charge in [-0.15, -0.1) is 10.2 Å². The van der Waals surface area contributed by atoms with E-state index in [9.17, 15) is 4.79 Å². The Morgan fingerprint density at radius 3 is 2.64 bits per heavy atom. The fraction of sp³-hybridized carbons (Fsp3) is 0.316. The summed E-state index contributed by atoms with van der Waals surface area (Å²) in [6.07, 6.45) is 1.56. The summed E-state index contributed by atoms with van der Waals surface area (Å²) in [5.74, 6) is 2.22. The number of hydrogen-bond donors (Lipinski definition) is 1. The van der Waals surface area contributed by atoms with Gasteiger partial charge in [0, 0.05) is 11.8 Å². The van der Waals surface area contributed by atoms with E-state index in [1.807, 2.05) is 20.8 Å². The smallest absolute Gasteiger partial charge is 0.277 e. The van der Waals surface area contributed by atoms with Crippen molar-refractivity contribution in [3.05, 3.63) is 36.3 Å². The Kier molecular flexibility index (Phi) is 6.59. The second-order valence-electron chi connectivity index (χ2n) is 5.63. The Hall–Kier alpha value is -2.94. The quantitative estimate of drug-likeness (QED) is 0.532. The van der Waals surface area contributed by atoms with E-state index in [-0.39, 0.29) is 11.7 Å². The van der Waals surface area contributed by atoms with Crippen LogP contribution in [-0.2, 0) is 4.79 Å². The number of carbonyl (C=O) groups is 1. The molecule has 1 aromatic carbocycles. The zero-order chi connectivity index (χ0) is 19.9. The van der Waals surface area contributed by atoms with Gasteiger partial charge in [0.25, 0.3) is 11.1 Å². The van der Waals surface area contributed by atoms with E-state index in [4.69, 9.17) is 18.3 Å². The van der Waals surface area contributed by atoms with E-state index in [1.165, 1.54) is 0 Å². The summed E-state index contributed by atoms with van der Waals surface area (Å²) in [5, 5.41) is 11.1. The molecule has 8 nitrogen and oxygen atoms in total. The third-order valence-corrected chi connectivity index (χ3v) is 4.47. The number of nitrogens with one attached hydrogen (secondary N) is 1. The molecule has 9 heteroatoms. The number of rotatable bonds is 9. The summed E-state index contributed by atoms with van der Waals surface area (Å²) < 4.78 is 21.9. The third-order valence-electron chi connectivity index (χ3n) is 3.65. The predicted octanol–water partition coefficient (Wildman–Crippen LogP) is 4.17. The van der Waals surface area contributed by atoms with Gasteiger partial charge < -0.3 is 23.6 Å². The molecule has 0 aliphatic rings. The number of thioether (sulfide) groups is 1. The number of aryl methyl sites for hydroxylation is 1. The molecular weight excluding hydrogens is 382 g/mol. The minimum Gasteiger partial charge on any atom is -0.490 e. The SMILES string of the molecule is CCOc1ccc(NC(=O)CSc2nnc(-c3ccoc3C)o2)cc1OCC. The lowest BCUT2D eigenvalue weighted by Crippen LogP contribution is -2.14. The first-order valence-electron chi connectivity index (χ1n) is 8.81. The first-order valence-corrected chi connectivity index (χ1v) is 9.79. The Bertz CT molecular complexity index is 937. The predicted molar refractivity (Wildman–Crippen MR) is 105 cm³/mol. The highest BCUT2D eigenvalue weighted by Gasteiger charge is 2.15. The molecule has 148 valence electrons. The van der Waals surface area contributed by atoms with Crippen LogP contribution in [0.5, 0.6) is 11.5 Å². The number of ether oxygens (including phenoxy) is 2. The van der Waals surface area contributed by atoms with Crippen molar-refractivity contribution >= 4 is 23.4 Å². The summed E-state index contributed by atoms with van der Waals surface area (Å²) in [4.78, 5) is 12.2. The number of anilines is 1. The van der Waals surface area contributed by atoms with E-state index < -0.39 is 0 Å². The van der Waals surface area contributed by atoms with Gasteiger partial charge in [0.15, 0.2) is 11.5 Å². The fourth-order valence-electron chi connectivity index (χ4n) is 2.44. The molecule has 2 heterocycles. The second-order valence-corrected chi connectivity index (χ2v) is 6.55. The molecule has 0 aliphatic heterocycles. The molecule has 0 unspecified atom stereocenters. The van der Waals surface area contributed by atoms with Crippen LogP contribution in [0.2, 0.25) is 0 Å². The third kappa shape index (κ3) is 4.86. The van der Waals surface area contributed by atoms with Gasteiger partial charge in [0.05, 0.1) is 30.8 Å². The Balaban J connectivity index is 1.58. The molecule has 0 atom stereocenters. The number of nitrogens with zero attached hydrogens (tertiary/aromatic N) is 2. The van der Waals surface area contributed by atoms with Crippen LogP contribution in [0, 0.1) is 6.92 Å². The van der Waals surface area contributed by atoms with Crippen molar-refractivity contribution < 1.29 is 23.1 Å². The van der Waals surface area contributed by atoms with Gasteiger partial charge in [-0.2, -0.15) is 0 Å². The van der Waals surface area contributed by atoms with Crippen LogP contribution in [0.15, 0.2) is 44.6 Å². The number of benzene rings is 1. The summed E-state index contributed by atoms with van der Waals surface area (Å²) in [6, 6.07) is 7.03. The molecule has 2 aromatic heterocycles. The highest BCUT2D eigenvalue weighted by Crippen LogP contribution is 2.31. The van der Waals surface area contributed by atoms with Crippen LogP contribution in [0.25, 0.3) is 11.5 Å². The van der Waals surface area contributed by atoms with Gasteiger partial charge in [-0.3, -0.25) is 4.79 Å². The van der Waals surface area contributed by atoms with Crippen molar-refractivity contribution in [3.8, 4) is 23.0 Å². The van der Waals surface area contributed by atoms with Crippen molar-refractivity contribution in [1.29, 1.82) is 0 Å². The average Bonchev–Trinajstić information content (AvgIpc) is 3.31. The van der Waals surface area contributed by atoms with E-state index in [2.05, 4.69) is 15.5 Å². The molecule has 0 fully saturated rings. The first kappa shape index (κ1) is 19.8. The second kappa shape index (κ2) is 9.32. The summed E-state index contributed by atoms with van der Waals surface area (Å²) in [6.45, 7) is 6.64. The molecule has 1 amide bonds. The minimum absolute atomic E-state index is 0.128. The molecule has 28 heavy (non-hydrogen) atoms. The Labute approximate surface area is 166 Å². The van der Waals surface area contributed by atoms with Gasteiger partial charge in [0.2, 0.25) is 5.91 Å². The topological polar surface area (TPSA) is 99.6 Å². The maximum Gasteiger partial charge on any atom is 0.277 e. The zero-order valence-electron chi connectivity index (χ0n) is 15.9. The van der Waals surface area contributed by atoms with E-state index in [0.29, 0.717) is 47.3 Å². The fourth-order valence-corrected chi connectivity index (χ4v) is 3.00. The summed E-state index contributed by atoms with van der Waals surface area (Å²) in [7, 11) is 0. The lowest BCUT2D eigenvalue weighted by molar-refractivity contribution is -0.113. The molecule has 0 saturated heterocycles. The lowest BCUT2D eigenvalue weighted by Gasteiger charge is -2.12. The van der Waals surface area contributed by atoms with Crippen LogP contribution >= 0.6 is 11.8 Å². The number of carbonyl (C=O) groups excluding carboxylic acids is 1. The van der Waals surface area contributed by atoms with E-state index in [1.54, 1.807) is 30.5 Å².